The number of aryl methyl sites for hydroxylation is 1. The lowest BCUT2D eigenvalue weighted by Crippen LogP contribution is -2.08. The second-order valence-electron chi connectivity index (χ2n) is 2.54. The van der Waals surface area contributed by atoms with Gasteiger partial charge in [0.1, 0.15) is 0 Å². The maximum absolute atomic E-state index is 11.8. The van der Waals surface area contributed by atoms with Gasteiger partial charge in [0, 0.05) is 18.5 Å². The van der Waals surface area contributed by atoms with Crippen molar-refractivity contribution < 1.29 is 18.0 Å². The number of alkyl halides is 3. The highest BCUT2D eigenvalue weighted by Crippen LogP contribution is 2.30. The summed E-state index contributed by atoms with van der Waals surface area (Å²) in [5, 5.41) is 0. The van der Waals surface area contributed by atoms with E-state index in [-0.39, 0.29) is 24.1 Å². The number of carbonyl (C=O) groups excluding carboxylic acids is 1. The topological polar surface area (TPSA) is 22.0 Å². The van der Waals surface area contributed by atoms with Crippen LogP contribution in [0.25, 0.3) is 0 Å². The Hall–Kier alpha value is -0.910. The number of aromatic nitrogens is 1. The normalized spacial score (nSPS) is 11.6. The molecule has 0 N–H and O–H groups in total. The summed E-state index contributed by atoms with van der Waals surface area (Å²) in [5.41, 5.74) is -3.80. The largest absolute Gasteiger partial charge is 0.441 e. The van der Waals surface area contributed by atoms with Crippen molar-refractivity contribution in [3.8, 4) is 0 Å². The number of carbonyl (C=O) groups is 1. The van der Waals surface area contributed by atoms with Gasteiger partial charge in [0.2, 0.25) is 0 Å². The predicted octanol–water partition coefficient (Wildman–Crippen LogP) is 2.55. The summed E-state index contributed by atoms with van der Waals surface area (Å²) in [7, 11) is 0. The first-order valence-corrected chi connectivity index (χ1v) is 4.82. The molecule has 1 aromatic rings. The van der Waals surface area contributed by atoms with Gasteiger partial charge in [-0.05, 0) is 23.9 Å². The summed E-state index contributed by atoms with van der Waals surface area (Å²) in [5.74, 6) is -0.0843. The van der Waals surface area contributed by atoms with Crippen molar-refractivity contribution in [2.24, 2.45) is 0 Å². The lowest BCUT2D eigenvalue weighted by Gasteiger charge is -2.07. The fraction of sp³-hybridized carbons (Fsp3) is 0.375. The van der Waals surface area contributed by atoms with Gasteiger partial charge >= 0.3 is 5.51 Å². The van der Waals surface area contributed by atoms with E-state index >= 15 is 0 Å². The third-order valence-electron chi connectivity index (χ3n) is 1.58. The highest BCUT2D eigenvalue weighted by molar-refractivity contribution is 8.00. The van der Waals surface area contributed by atoms with Gasteiger partial charge in [-0.2, -0.15) is 13.2 Å². The van der Waals surface area contributed by atoms with Crippen molar-refractivity contribution in [1.82, 2.24) is 4.57 Å². The van der Waals surface area contributed by atoms with Crippen LogP contribution in [-0.2, 0) is 6.54 Å². The molecule has 0 saturated carbocycles. The van der Waals surface area contributed by atoms with Crippen LogP contribution in [0, 0.1) is 0 Å². The van der Waals surface area contributed by atoms with Crippen LogP contribution in [-0.4, -0.2) is 22.1 Å². The fourth-order valence-corrected chi connectivity index (χ4v) is 1.52. The molecule has 0 aliphatic heterocycles. The third-order valence-corrected chi connectivity index (χ3v) is 2.30. The molecule has 0 fully saturated rings. The standard InChI is InChI=1S/C8H8F3NOS/c9-8(10,11)14-5-4-12-3-1-2-7(12)6-13/h1-3,6H,4-5H2. The lowest BCUT2D eigenvalue weighted by atomic mass is 10.5. The zero-order chi connectivity index (χ0) is 10.6. The van der Waals surface area contributed by atoms with E-state index in [9.17, 15) is 18.0 Å². The van der Waals surface area contributed by atoms with E-state index in [0.29, 0.717) is 12.0 Å². The third kappa shape index (κ3) is 3.45. The highest BCUT2D eigenvalue weighted by Gasteiger charge is 2.27. The first-order valence-electron chi connectivity index (χ1n) is 3.84. The minimum absolute atomic E-state index is 0.0843. The summed E-state index contributed by atoms with van der Waals surface area (Å²) >= 11 is -0.0858. The Bertz CT molecular complexity index is 308. The van der Waals surface area contributed by atoms with Crippen LogP contribution in [0.2, 0.25) is 0 Å². The zero-order valence-electron chi connectivity index (χ0n) is 7.12. The van der Waals surface area contributed by atoms with Crippen molar-refractivity contribution in [2.45, 2.75) is 12.1 Å². The van der Waals surface area contributed by atoms with Gasteiger partial charge in [-0.25, -0.2) is 0 Å². The molecule has 78 valence electrons. The van der Waals surface area contributed by atoms with Gasteiger partial charge in [0.25, 0.3) is 0 Å². The second kappa shape index (κ2) is 4.54. The van der Waals surface area contributed by atoms with Gasteiger partial charge in [-0.3, -0.25) is 4.79 Å². The molecule has 0 aliphatic rings. The summed E-state index contributed by atoms with van der Waals surface area (Å²) < 4.78 is 36.7. The van der Waals surface area contributed by atoms with E-state index in [1.54, 1.807) is 18.3 Å². The summed E-state index contributed by atoms with van der Waals surface area (Å²) in [6.07, 6.45) is 2.21. The van der Waals surface area contributed by atoms with Gasteiger partial charge in [0.05, 0.1) is 5.69 Å². The number of thioether (sulfide) groups is 1. The molecule has 0 unspecified atom stereocenters. The number of halogens is 3. The Balaban J connectivity index is 2.42. The fourth-order valence-electron chi connectivity index (χ4n) is 0.998. The van der Waals surface area contributed by atoms with E-state index < -0.39 is 5.51 Å². The molecule has 1 aromatic heterocycles. The quantitative estimate of drug-likeness (QED) is 0.732. The van der Waals surface area contributed by atoms with Crippen molar-refractivity contribution >= 4 is 18.0 Å². The maximum Gasteiger partial charge on any atom is 0.441 e. The second-order valence-corrected chi connectivity index (χ2v) is 3.70. The molecular formula is C8H8F3NOS. The summed E-state index contributed by atoms with van der Waals surface area (Å²) in [6, 6.07) is 3.19. The average Bonchev–Trinajstić information content (AvgIpc) is 2.49. The zero-order valence-corrected chi connectivity index (χ0v) is 7.94. The van der Waals surface area contributed by atoms with Crippen LogP contribution < -0.4 is 0 Å². The molecule has 6 heteroatoms. The molecule has 0 bridgehead atoms. The molecule has 2 nitrogen and oxygen atoms in total. The van der Waals surface area contributed by atoms with Crippen LogP contribution in [0.4, 0.5) is 13.2 Å². The number of hydrogen-bond donors (Lipinski definition) is 0. The minimum Gasteiger partial charge on any atom is -0.345 e. The van der Waals surface area contributed by atoms with Crippen LogP contribution in [0.1, 0.15) is 10.5 Å². The molecule has 1 heterocycles. The summed E-state index contributed by atoms with van der Waals surface area (Å²) in [4.78, 5) is 10.4. The average molecular weight is 223 g/mol. The maximum atomic E-state index is 11.8. The number of aldehydes is 1. The van der Waals surface area contributed by atoms with Crippen LogP contribution in [0.5, 0.6) is 0 Å². The molecule has 0 aliphatic carbocycles. The Morgan fingerprint density at radius 3 is 2.79 bits per heavy atom. The first kappa shape index (κ1) is 11.2. The molecule has 0 spiro atoms. The van der Waals surface area contributed by atoms with Gasteiger partial charge in [0.15, 0.2) is 6.29 Å². The molecule has 0 aromatic carbocycles. The predicted molar refractivity (Wildman–Crippen MR) is 48.3 cm³/mol. The van der Waals surface area contributed by atoms with Crippen LogP contribution in [0.3, 0.4) is 0 Å². The van der Waals surface area contributed by atoms with Crippen LogP contribution >= 0.6 is 11.8 Å². The molecule has 1 rings (SSSR count). The Kier molecular flexibility index (Phi) is 3.62. The van der Waals surface area contributed by atoms with E-state index in [2.05, 4.69) is 0 Å². The first-order chi connectivity index (χ1) is 6.53. The molecule has 0 radical (unpaired) electrons. The molecule has 0 saturated heterocycles. The van der Waals surface area contributed by atoms with E-state index in [0.717, 1.165) is 0 Å². The number of rotatable bonds is 4. The number of hydrogen-bond acceptors (Lipinski definition) is 2. The molecule has 14 heavy (non-hydrogen) atoms. The van der Waals surface area contributed by atoms with Crippen LogP contribution in [0.15, 0.2) is 18.3 Å². The Morgan fingerprint density at radius 2 is 2.21 bits per heavy atom. The van der Waals surface area contributed by atoms with Gasteiger partial charge in [-0.1, -0.05) is 0 Å². The minimum atomic E-state index is -4.20. The number of nitrogens with zero attached hydrogens (tertiary/aromatic N) is 1. The van der Waals surface area contributed by atoms with Crippen molar-refractivity contribution in [2.75, 3.05) is 5.75 Å². The smallest absolute Gasteiger partial charge is 0.345 e. The highest BCUT2D eigenvalue weighted by atomic mass is 32.2. The van der Waals surface area contributed by atoms with Gasteiger partial charge < -0.3 is 4.57 Å². The van der Waals surface area contributed by atoms with Crippen molar-refractivity contribution in [3.05, 3.63) is 24.0 Å². The lowest BCUT2D eigenvalue weighted by molar-refractivity contribution is -0.0328. The Labute approximate surface area is 83.1 Å². The van der Waals surface area contributed by atoms with Crippen molar-refractivity contribution in [1.29, 1.82) is 0 Å². The monoisotopic (exact) mass is 223 g/mol. The SMILES string of the molecule is O=Cc1cccn1CCSC(F)(F)F. The van der Waals surface area contributed by atoms with E-state index in [1.807, 2.05) is 0 Å². The van der Waals surface area contributed by atoms with E-state index in [4.69, 9.17) is 0 Å². The molecule has 0 amide bonds. The summed E-state index contributed by atoms with van der Waals surface area (Å²) in [6.45, 7) is 0.186. The van der Waals surface area contributed by atoms with Gasteiger partial charge in [-0.15, -0.1) is 0 Å². The Morgan fingerprint density at radius 1 is 1.50 bits per heavy atom. The molecular weight excluding hydrogens is 215 g/mol. The van der Waals surface area contributed by atoms with Crippen molar-refractivity contribution in [3.63, 3.8) is 0 Å². The van der Waals surface area contributed by atoms with E-state index in [1.165, 1.54) is 4.57 Å². The molecule has 0 atom stereocenters.